The number of thiazole rings is 1. The molecule has 7 nitrogen and oxygen atoms in total. The maximum atomic E-state index is 13.0. The molecule has 3 aromatic rings. The number of anilines is 2. The van der Waals surface area contributed by atoms with Gasteiger partial charge in [-0.2, -0.15) is 0 Å². The fourth-order valence-corrected chi connectivity index (χ4v) is 4.10. The normalized spacial score (nSPS) is 16.7. The van der Waals surface area contributed by atoms with E-state index in [4.69, 9.17) is 0 Å². The van der Waals surface area contributed by atoms with E-state index >= 15 is 0 Å². The summed E-state index contributed by atoms with van der Waals surface area (Å²) in [4.78, 5) is 44.0. The molecule has 1 saturated heterocycles. The van der Waals surface area contributed by atoms with Crippen LogP contribution in [0.15, 0.2) is 72.2 Å². The molecule has 2 atom stereocenters. The number of nitrogens with one attached hydrogen (secondary N) is 2. The molecule has 1 aromatic heterocycles. The maximum absolute atomic E-state index is 13.0. The number of rotatable bonds is 7. The summed E-state index contributed by atoms with van der Waals surface area (Å²) in [7, 11) is 0. The molecule has 158 valence electrons. The van der Waals surface area contributed by atoms with Gasteiger partial charge in [0, 0.05) is 36.7 Å². The van der Waals surface area contributed by atoms with Crippen molar-refractivity contribution in [2.45, 2.75) is 18.9 Å². The van der Waals surface area contributed by atoms with Crippen molar-refractivity contribution >= 4 is 39.9 Å². The van der Waals surface area contributed by atoms with Crippen LogP contribution in [0.2, 0.25) is 0 Å². The topological polar surface area (TPSA) is 91.4 Å². The maximum Gasteiger partial charge on any atom is 0.249 e. The Labute approximate surface area is 184 Å². The largest absolute Gasteiger partial charge is 0.344 e. The number of nitrogens with zero attached hydrogens (tertiary/aromatic N) is 2. The van der Waals surface area contributed by atoms with Gasteiger partial charge in [0.2, 0.25) is 17.7 Å². The van der Waals surface area contributed by atoms with E-state index < -0.39 is 12.0 Å². The lowest BCUT2D eigenvalue weighted by Gasteiger charge is -2.20. The van der Waals surface area contributed by atoms with Gasteiger partial charge in [-0.1, -0.05) is 48.5 Å². The van der Waals surface area contributed by atoms with Crippen molar-refractivity contribution in [1.82, 2.24) is 10.3 Å². The third-order valence-electron chi connectivity index (χ3n) is 5.14. The van der Waals surface area contributed by atoms with E-state index in [1.807, 2.05) is 60.7 Å². The second-order valence-electron chi connectivity index (χ2n) is 7.32. The molecule has 0 spiro atoms. The third kappa shape index (κ3) is 5.16. The van der Waals surface area contributed by atoms with Crippen LogP contribution in [0.25, 0.3) is 0 Å². The van der Waals surface area contributed by atoms with Crippen LogP contribution in [-0.4, -0.2) is 35.3 Å². The molecule has 0 aliphatic carbocycles. The number of carbonyl (C=O) groups excluding carboxylic acids is 3. The molecule has 1 aliphatic heterocycles. The molecule has 2 heterocycles. The van der Waals surface area contributed by atoms with E-state index in [-0.39, 0.29) is 24.1 Å². The van der Waals surface area contributed by atoms with Gasteiger partial charge in [-0.25, -0.2) is 4.98 Å². The molecular formula is C23H22N4O3S. The van der Waals surface area contributed by atoms with Crippen molar-refractivity contribution in [2.75, 3.05) is 16.8 Å². The molecular weight excluding hydrogens is 412 g/mol. The van der Waals surface area contributed by atoms with Crippen LogP contribution in [0.4, 0.5) is 10.8 Å². The zero-order valence-electron chi connectivity index (χ0n) is 16.7. The number of aromatic nitrogens is 1. The molecule has 8 heteroatoms. The Bertz CT molecular complexity index is 1040. The van der Waals surface area contributed by atoms with Gasteiger partial charge in [0.05, 0.1) is 5.92 Å². The van der Waals surface area contributed by atoms with Gasteiger partial charge in [-0.05, 0) is 17.7 Å². The molecule has 2 aromatic carbocycles. The van der Waals surface area contributed by atoms with E-state index in [2.05, 4.69) is 15.6 Å². The highest BCUT2D eigenvalue weighted by atomic mass is 32.1. The first-order chi connectivity index (χ1) is 15.1. The molecule has 2 N–H and O–H groups in total. The molecule has 0 saturated carbocycles. The summed E-state index contributed by atoms with van der Waals surface area (Å²) in [5.74, 6) is -1.25. The lowest BCUT2D eigenvalue weighted by molar-refractivity contribution is -0.129. The first kappa shape index (κ1) is 20.7. The Hall–Kier alpha value is -3.52. The minimum atomic E-state index is -0.778. The highest BCUT2D eigenvalue weighted by Crippen LogP contribution is 2.25. The fraction of sp³-hybridized carbons (Fsp3) is 0.217. The average Bonchev–Trinajstić information content (AvgIpc) is 3.44. The molecule has 3 amide bonds. The van der Waals surface area contributed by atoms with Crippen molar-refractivity contribution in [3.8, 4) is 0 Å². The fourth-order valence-electron chi connectivity index (χ4n) is 3.57. The molecule has 1 fully saturated rings. The van der Waals surface area contributed by atoms with Gasteiger partial charge in [0.1, 0.15) is 6.04 Å². The van der Waals surface area contributed by atoms with Crippen molar-refractivity contribution in [3.05, 3.63) is 77.8 Å². The summed E-state index contributed by atoms with van der Waals surface area (Å²) in [6.07, 6.45) is 2.06. The Morgan fingerprint density at radius 3 is 2.48 bits per heavy atom. The van der Waals surface area contributed by atoms with Gasteiger partial charge in [-0.15, -0.1) is 11.3 Å². The smallest absolute Gasteiger partial charge is 0.249 e. The molecule has 0 radical (unpaired) electrons. The molecule has 2 unspecified atom stereocenters. The SMILES string of the molecule is O=C(NC(Cc1ccccc1)C(=O)Nc1nccs1)C1CC(=O)N(c2ccccc2)C1. The minimum absolute atomic E-state index is 0.0989. The summed E-state index contributed by atoms with van der Waals surface area (Å²) >= 11 is 1.31. The van der Waals surface area contributed by atoms with E-state index in [0.29, 0.717) is 18.1 Å². The summed E-state index contributed by atoms with van der Waals surface area (Å²) in [5.41, 5.74) is 1.70. The van der Waals surface area contributed by atoms with Crippen LogP contribution in [0.5, 0.6) is 0 Å². The zero-order chi connectivity index (χ0) is 21.6. The van der Waals surface area contributed by atoms with Crippen LogP contribution in [0.1, 0.15) is 12.0 Å². The Morgan fingerprint density at radius 2 is 1.81 bits per heavy atom. The monoisotopic (exact) mass is 434 g/mol. The summed E-state index contributed by atoms with van der Waals surface area (Å²) in [5, 5.41) is 7.86. The number of hydrogen-bond acceptors (Lipinski definition) is 5. The lowest BCUT2D eigenvalue weighted by Crippen LogP contribution is -2.47. The third-order valence-corrected chi connectivity index (χ3v) is 5.83. The highest BCUT2D eigenvalue weighted by Gasteiger charge is 2.36. The summed E-state index contributed by atoms with van der Waals surface area (Å²) < 4.78 is 0. The number of hydrogen-bond donors (Lipinski definition) is 2. The van der Waals surface area contributed by atoms with Gasteiger partial charge < -0.3 is 15.5 Å². The van der Waals surface area contributed by atoms with Crippen molar-refractivity contribution in [3.63, 3.8) is 0 Å². The van der Waals surface area contributed by atoms with E-state index in [9.17, 15) is 14.4 Å². The number of carbonyl (C=O) groups is 3. The highest BCUT2D eigenvalue weighted by molar-refractivity contribution is 7.13. The van der Waals surface area contributed by atoms with Gasteiger partial charge >= 0.3 is 0 Å². The van der Waals surface area contributed by atoms with Gasteiger partial charge in [-0.3, -0.25) is 14.4 Å². The Balaban J connectivity index is 1.46. The van der Waals surface area contributed by atoms with Gasteiger partial charge in [0.25, 0.3) is 0 Å². The van der Waals surface area contributed by atoms with Crippen molar-refractivity contribution in [1.29, 1.82) is 0 Å². The second-order valence-corrected chi connectivity index (χ2v) is 8.21. The standard InChI is InChI=1S/C23H22N4O3S/c28-20-14-17(15-27(20)18-9-5-2-6-10-18)21(29)25-19(13-16-7-3-1-4-8-16)22(30)26-23-24-11-12-31-23/h1-12,17,19H,13-15H2,(H,25,29)(H,24,26,30). The molecule has 4 rings (SSSR count). The molecule has 1 aliphatic rings. The molecule has 0 bridgehead atoms. The quantitative estimate of drug-likeness (QED) is 0.598. The summed E-state index contributed by atoms with van der Waals surface area (Å²) in [6.45, 7) is 0.292. The Morgan fingerprint density at radius 1 is 1.10 bits per heavy atom. The lowest BCUT2D eigenvalue weighted by atomic mass is 10.0. The van der Waals surface area contributed by atoms with Crippen LogP contribution in [-0.2, 0) is 20.8 Å². The van der Waals surface area contributed by atoms with Crippen LogP contribution < -0.4 is 15.5 Å². The number of benzene rings is 2. The van der Waals surface area contributed by atoms with E-state index in [1.54, 1.807) is 16.5 Å². The zero-order valence-corrected chi connectivity index (χ0v) is 17.5. The van der Waals surface area contributed by atoms with Crippen molar-refractivity contribution in [2.24, 2.45) is 5.92 Å². The summed E-state index contributed by atoms with van der Waals surface area (Å²) in [6, 6.07) is 18.0. The number of para-hydroxylation sites is 1. The predicted molar refractivity (Wildman–Crippen MR) is 120 cm³/mol. The average molecular weight is 435 g/mol. The first-order valence-corrected chi connectivity index (χ1v) is 10.9. The van der Waals surface area contributed by atoms with E-state index in [0.717, 1.165) is 11.3 Å². The van der Waals surface area contributed by atoms with Crippen molar-refractivity contribution < 1.29 is 14.4 Å². The first-order valence-electron chi connectivity index (χ1n) is 10.0. The van der Waals surface area contributed by atoms with E-state index in [1.165, 1.54) is 11.3 Å². The van der Waals surface area contributed by atoms with Crippen LogP contribution >= 0.6 is 11.3 Å². The molecule has 31 heavy (non-hydrogen) atoms. The van der Waals surface area contributed by atoms with Crippen LogP contribution in [0.3, 0.4) is 0 Å². The minimum Gasteiger partial charge on any atom is -0.344 e. The Kier molecular flexibility index (Phi) is 6.37. The second kappa shape index (κ2) is 9.53. The predicted octanol–water partition coefficient (Wildman–Crippen LogP) is 2.86. The van der Waals surface area contributed by atoms with Crippen LogP contribution in [0, 0.1) is 5.92 Å². The van der Waals surface area contributed by atoms with Gasteiger partial charge in [0.15, 0.2) is 5.13 Å². The number of amides is 3.